The Labute approximate surface area is 183 Å². The van der Waals surface area contributed by atoms with Gasteiger partial charge in [0.1, 0.15) is 11.5 Å². The maximum absolute atomic E-state index is 14.1. The van der Waals surface area contributed by atoms with E-state index in [2.05, 4.69) is 29.0 Å². The molecule has 31 heavy (non-hydrogen) atoms. The van der Waals surface area contributed by atoms with Crippen LogP contribution in [0, 0.1) is 12.7 Å². The summed E-state index contributed by atoms with van der Waals surface area (Å²) in [7, 11) is 0. The van der Waals surface area contributed by atoms with E-state index in [4.69, 9.17) is 0 Å². The number of fused-ring (bicyclic) bond motifs is 1. The Kier molecular flexibility index (Phi) is 6.06. The van der Waals surface area contributed by atoms with Crippen LogP contribution in [0.3, 0.4) is 0 Å². The summed E-state index contributed by atoms with van der Waals surface area (Å²) in [6.07, 6.45) is 4.03. The van der Waals surface area contributed by atoms with E-state index in [1.807, 2.05) is 11.8 Å². The van der Waals surface area contributed by atoms with Crippen molar-refractivity contribution in [1.82, 2.24) is 20.1 Å². The number of rotatable bonds is 3. The number of nitrogens with one attached hydrogen (secondary N) is 2. The third-order valence-electron chi connectivity index (χ3n) is 7.00. The Bertz CT molecular complexity index is 936. The molecule has 0 bridgehead atoms. The van der Waals surface area contributed by atoms with Gasteiger partial charge in [-0.15, -0.1) is 0 Å². The fourth-order valence-corrected chi connectivity index (χ4v) is 5.62. The number of benzene rings is 1. The van der Waals surface area contributed by atoms with Crippen molar-refractivity contribution in [2.24, 2.45) is 0 Å². The van der Waals surface area contributed by atoms with E-state index in [0.717, 1.165) is 44.3 Å². The number of nitrogens with zero attached hydrogens (tertiary/aromatic N) is 2. The first-order valence-corrected chi connectivity index (χ1v) is 11.4. The lowest BCUT2D eigenvalue weighted by atomic mass is 9.88. The summed E-state index contributed by atoms with van der Waals surface area (Å²) >= 11 is 0. The number of amides is 2. The molecule has 2 aliphatic rings. The van der Waals surface area contributed by atoms with Crippen LogP contribution in [0.1, 0.15) is 62.5 Å². The lowest BCUT2D eigenvalue weighted by Gasteiger charge is -2.48. The average molecular weight is 429 g/mol. The van der Waals surface area contributed by atoms with E-state index >= 15 is 0 Å². The molecule has 4 atom stereocenters. The van der Waals surface area contributed by atoms with Gasteiger partial charge in [0.05, 0.1) is 5.52 Å². The summed E-state index contributed by atoms with van der Waals surface area (Å²) in [6.45, 7) is 9.52. The second-order valence-corrected chi connectivity index (χ2v) is 9.41. The number of carbonyl (C=O) groups excluding carboxylic acids is 2. The van der Waals surface area contributed by atoms with Crippen molar-refractivity contribution < 1.29 is 14.0 Å². The molecular formula is C24H33FN4O2. The third kappa shape index (κ3) is 4.33. The standard InChI is InChI=1S/C24H33FN4O2/c1-14-8-9-21(25)20-11-22(27-23(14)20)24(31)26-18-6-5-7-19(10-18)28-12-15(2)29(17(4)30)16(3)13-28/h8-9,11,15-16,18-19,27H,5-7,10,12-13H2,1-4H3,(H,26,31)/t15-,16-,18-,19+/m1/s1. The van der Waals surface area contributed by atoms with Gasteiger partial charge < -0.3 is 15.2 Å². The van der Waals surface area contributed by atoms with Crippen LogP contribution in [0.5, 0.6) is 0 Å². The first-order valence-electron chi connectivity index (χ1n) is 11.4. The number of piperazine rings is 1. The minimum atomic E-state index is -0.318. The van der Waals surface area contributed by atoms with Gasteiger partial charge in [0.15, 0.2) is 0 Å². The number of halogens is 1. The molecule has 2 aromatic rings. The van der Waals surface area contributed by atoms with Gasteiger partial charge in [0, 0.05) is 49.6 Å². The van der Waals surface area contributed by atoms with Crippen molar-refractivity contribution in [3.8, 4) is 0 Å². The highest BCUT2D eigenvalue weighted by atomic mass is 19.1. The Morgan fingerprint density at radius 3 is 2.52 bits per heavy atom. The van der Waals surface area contributed by atoms with Gasteiger partial charge in [0.2, 0.25) is 5.91 Å². The molecule has 168 valence electrons. The minimum absolute atomic E-state index is 0.0973. The lowest BCUT2D eigenvalue weighted by Crippen LogP contribution is -2.61. The third-order valence-corrected chi connectivity index (χ3v) is 7.00. The van der Waals surface area contributed by atoms with E-state index in [1.165, 1.54) is 6.07 Å². The number of aromatic nitrogens is 1. The molecule has 1 aliphatic heterocycles. The summed E-state index contributed by atoms with van der Waals surface area (Å²) in [5, 5.41) is 3.63. The van der Waals surface area contributed by atoms with Crippen LogP contribution < -0.4 is 5.32 Å². The summed E-state index contributed by atoms with van der Waals surface area (Å²) in [4.78, 5) is 32.4. The molecule has 0 unspecified atom stereocenters. The highest BCUT2D eigenvalue weighted by Gasteiger charge is 2.36. The number of hydrogen-bond donors (Lipinski definition) is 2. The second-order valence-electron chi connectivity index (χ2n) is 9.41. The van der Waals surface area contributed by atoms with Gasteiger partial charge in [-0.1, -0.05) is 6.07 Å². The summed E-state index contributed by atoms with van der Waals surface area (Å²) in [5.74, 6) is -0.358. The molecule has 1 aliphatic carbocycles. The van der Waals surface area contributed by atoms with Crippen molar-refractivity contribution in [3.05, 3.63) is 35.3 Å². The SMILES string of the molecule is CC(=O)N1[C@H](C)CN([C@H]2CCC[C@@H](NC(=O)c3cc4c(F)ccc(C)c4[nH]3)C2)C[C@H]1C. The summed E-state index contributed by atoms with van der Waals surface area (Å²) < 4.78 is 14.1. The van der Waals surface area contributed by atoms with Crippen LogP contribution in [0.4, 0.5) is 4.39 Å². The molecule has 1 aromatic heterocycles. The Morgan fingerprint density at radius 2 is 1.87 bits per heavy atom. The van der Waals surface area contributed by atoms with Crippen molar-refractivity contribution in [2.45, 2.75) is 77.5 Å². The van der Waals surface area contributed by atoms with Crippen LogP contribution in [0.15, 0.2) is 18.2 Å². The van der Waals surface area contributed by atoms with Crippen molar-refractivity contribution in [1.29, 1.82) is 0 Å². The Balaban J connectivity index is 1.41. The van der Waals surface area contributed by atoms with Gasteiger partial charge in [-0.2, -0.15) is 0 Å². The molecule has 2 fully saturated rings. The molecule has 1 aromatic carbocycles. The number of carbonyl (C=O) groups is 2. The predicted molar refractivity (Wildman–Crippen MR) is 120 cm³/mol. The molecule has 6 nitrogen and oxygen atoms in total. The molecule has 1 saturated heterocycles. The summed E-state index contributed by atoms with van der Waals surface area (Å²) in [6, 6.07) is 5.65. The van der Waals surface area contributed by atoms with Crippen LogP contribution in [0.2, 0.25) is 0 Å². The normalized spacial score (nSPS) is 27.5. The van der Waals surface area contributed by atoms with Crippen molar-refractivity contribution >= 4 is 22.7 Å². The molecule has 2 heterocycles. The minimum Gasteiger partial charge on any atom is -0.350 e. The predicted octanol–water partition coefficient (Wildman–Crippen LogP) is 3.60. The molecule has 1 saturated carbocycles. The quantitative estimate of drug-likeness (QED) is 0.785. The van der Waals surface area contributed by atoms with E-state index in [0.29, 0.717) is 22.6 Å². The van der Waals surface area contributed by atoms with E-state index < -0.39 is 0 Å². The van der Waals surface area contributed by atoms with E-state index in [1.54, 1.807) is 19.1 Å². The number of aromatic amines is 1. The van der Waals surface area contributed by atoms with E-state index in [-0.39, 0.29) is 35.8 Å². The van der Waals surface area contributed by atoms with Gasteiger partial charge in [0.25, 0.3) is 5.91 Å². The van der Waals surface area contributed by atoms with Crippen LogP contribution >= 0.6 is 0 Å². The fraction of sp³-hybridized carbons (Fsp3) is 0.583. The van der Waals surface area contributed by atoms with E-state index in [9.17, 15) is 14.0 Å². The average Bonchev–Trinajstić information content (AvgIpc) is 3.17. The van der Waals surface area contributed by atoms with Gasteiger partial charge in [-0.25, -0.2) is 4.39 Å². The Hall–Kier alpha value is -2.41. The molecule has 4 rings (SSSR count). The van der Waals surface area contributed by atoms with Crippen molar-refractivity contribution in [2.75, 3.05) is 13.1 Å². The van der Waals surface area contributed by atoms with Crippen LogP contribution in [0.25, 0.3) is 10.9 Å². The first-order chi connectivity index (χ1) is 14.7. The monoisotopic (exact) mass is 428 g/mol. The lowest BCUT2D eigenvalue weighted by molar-refractivity contribution is -0.137. The second kappa shape index (κ2) is 8.61. The molecule has 7 heteroatoms. The number of aryl methyl sites for hydroxylation is 1. The fourth-order valence-electron chi connectivity index (χ4n) is 5.62. The largest absolute Gasteiger partial charge is 0.350 e. The molecule has 0 radical (unpaired) electrons. The first kappa shape index (κ1) is 21.8. The highest BCUT2D eigenvalue weighted by molar-refractivity contribution is 5.99. The zero-order valence-electron chi connectivity index (χ0n) is 18.9. The van der Waals surface area contributed by atoms with Crippen LogP contribution in [-0.2, 0) is 4.79 Å². The van der Waals surface area contributed by atoms with Gasteiger partial charge in [-0.05, 0) is 64.2 Å². The van der Waals surface area contributed by atoms with Crippen LogP contribution in [-0.4, -0.2) is 63.9 Å². The molecule has 0 spiro atoms. The maximum atomic E-state index is 14.1. The molecular weight excluding hydrogens is 395 g/mol. The zero-order valence-corrected chi connectivity index (χ0v) is 18.9. The summed E-state index contributed by atoms with van der Waals surface area (Å²) in [5.41, 5.74) is 2.00. The number of hydrogen-bond acceptors (Lipinski definition) is 3. The van der Waals surface area contributed by atoms with Crippen molar-refractivity contribution in [3.63, 3.8) is 0 Å². The zero-order chi connectivity index (χ0) is 22.3. The smallest absolute Gasteiger partial charge is 0.267 e. The highest BCUT2D eigenvalue weighted by Crippen LogP contribution is 2.28. The topological polar surface area (TPSA) is 68.4 Å². The van der Waals surface area contributed by atoms with Gasteiger partial charge in [-0.3, -0.25) is 14.5 Å². The van der Waals surface area contributed by atoms with Gasteiger partial charge >= 0.3 is 0 Å². The maximum Gasteiger partial charge on any atom is 0.267 e. The molecule has 2 N–H and O–H groups in total. The Morgan fingerprint density at radius 1 is 1.16 bits per heavy atom. The number of H-pyrrole nitrogens is 1. The molecule has 2 amide bonds.